The quantitative estimate of drug-likeness (QED) is 0.482. The Morgan fingerprint density at radius 3 is 2.50 bits per heavy atom. The van der Waals surface area contributed by atoms with Gasteiger partial charge in [0.15, 0.2) is 0 Å². The number of hydrogen-bond acceptors (Lipinski definition) is 1. The van der Waals surface area contributed by atoms with Crippen molar-refractivity contribution in [2.45, 2.75) is 37.1 Å². The normalized spacial score (nSPS) is 39.8. The Balaban J connectivity index is 2.23. The van der Waals surface area contributed by atoms with Gasteiger partial charge in [-0.05, 0) is 25.7 Å². The van der Waals surface area contributed by atoms with Crippen LogP contribution in [0.4, 0.5) is 4.39 Å². The molecule has 0 saturated heterocycles. The Morgan fingerprint density at radius 1 is 1.38 bits per heavy atom. The topological polar surface area (TPSA) is 0 Å². The second-order valence-corrected chi connectivity index (χ2v) is 3.15. The summed E-state index contributed by atoms with van der Waals surface area (Å²) in [5.41, 5.74) is 0. The van der Waals surface area contributed by atoms with Gasteiger partial charge >= 0.3 is 0 Å². The van der Waals surface area contributed by atoms with Crippen molar-refractivity contribution in [2.24, 2.45) is 0 Å². The standard InChI is InChI=1S/C6H11FS/c7-5-2-1-3-6(8)4-5/h5-6,8H,1-4H2. The highest BCUT2D eigenvalue weighted by atomic mass is 32.1. The third kappa shape index (κ3) is 1.66. The van der Waals surface area contributed by atoms with E-state index >= 15 is 0 Å². The van der Waals surface area contributed by atoms with E-state index in [2.05, 4.69) is 12.6 Å². The summed E-state index contributed by atoms with van der Waals surface area (Å²) in [7, 11) is 0. The molecule has 0 bridgehead atoms. The Labute approximate surface area is 54.9 Å². The average molecular weight is 134 g/mol. The molecule has 0 aromatic rings. The van der Waals surface area contributed by atoms with Crippen molar-refractivity contribution < 1.29 is 4.39 Å². The predicted octanol–water partition coefficient (Wildman–Crippen LogP) is 2.20. The molecule has 0 radical (unpaired) electrons. The first-order chi connectivity index (χ1) is 3.79. The van der Waals surface area contributed by atoms with E-state index < -0.39 is 6.17 Å². The second-order valence-electron chi connectivity index (χ2n) is 2.42. The molecule has 1 aliphatic rings. The number of hydrogen-bond donors (Lipinski definition) is 1. The average Bonchev–Trinajstić information content (AvgIpc) is 1.64. The van der Waals surface area contributed by atoms with Crippen LogP contribution in [0, 0.1) is 0 Å². The fourth-order valence-electron chi connectivity index (χ4n) is 1.11. The van der Waals surface area contributed by atoms with Crippen LogP contribution < -0.4 is 0 Å². The van der Waals surface area contributed by atoms with Crippen molar-refractivity contribution >= 4 is 12.6 Å². The minimum Gasteiger partial charge on any atom is -0.247 e. The van der Waals surface area contributed by atoms with Crippen LogP contribution in [0.3, 0.4) is 0 Å². The minimum absolute atomic E-state index is 0.332. The summed E-state index contributed by atoms with van der Waals surface area (Å²) in [6.45, 7) is 0. The molecular formula is C6H11FS. The van der Waals surface area contributed by atoms with E-state index in [0.29, 0.717) is 11.7 Å². The first-order valence-corrected chi connectivity index (χ1v) is 3.63. The molecule has 0 aliphatic heterocycles. The van der Waals surface area contributed by atoms with E-state index in [1.54, 1.807) is 0 Å². The zero-order chi connectivity index (χ0) is 5.98. The van der Waals surface area contributed by atoms with Crippen LogP contribution in [-0.4, -0.2) is 11.4 Å². The van der Waals surface area contributed by atoms with Crippen LogP contribution in [0.15, 0.2) is 0 Å². The fourth-order valence-corrected chi connectivity index (χ4v) is 1.52. The Bertz CT molecular complexity index is 66.9. The van der Waals surface area contributed by atoms with E-state index in [1.807, 2.05) is 0 Å². The summed E-state index contributed by atoms with van der Waals surface area (Å²) in [6.07, 6.45) is 2.99. The number of rotatable bonds is 0. The number of halogens is 1. The zero-order valence-electron chi connectivity index (χ0n) is 4.81. The van der Waals surface area contributed by atoms with E-state index in [4.69, 9.17) is 0 Å². The van der Waals surface area contributed by atoms with Crippen LogP contribution in [0.5, 0.6) is 0 Å². The SMILES string of the molecule is FC1CCCC(S)C1. The van der Waals surface area contributed by atoms with E-state index in [1.165, 1.54) is 0 Å². The van der Waals surface area contributed by atoms with Gasteiger partial charge in [-0.1, -0.05) is 0 Å². The van der Waals surface area contributed by atoms with Gasteiger partial charge in [0.25, 0.3) is 0 Å². The maximum absolute atomic E-state index is 12.4. The molecule has 2 unspecified atom stereocenters. The Kier molecular flexibility index (Phi) is 2.17. The first-order valence-electron chi connectivity index (χ1n) is 3.11. The number of alkyl halides is 1. The Morgan fingerprint density at radius 2 is 2.12 bits per heavy atom. The third-order valence-electron chi connectivity index (χ3n) is 1.58. The van der Waals surface area contributed by atoms with Gasteiger partial charge in [-0.3, -0.25) is 0 Å². The zero-order valence-corrected chi connectivity index (χ0v) is 5.70. The summed E-state index contributed by atoms with van der Waals surface area (Å²) >= 11 is 4.18. The van der Waals surface area contributed by atoms with Gasteiger partial charge < -0.3 is 0 Å². The van der Waals surface area contributed by atoms with Crippen LogP contribution in [0.1, 0.15) is 25.7 Å². The van der Waals surface area contributed by atoms with Crippen LogP contribution in [0.25, 0.3) is 0 Å². The lowest BCUT2D eigenvalue weighted by Crippen LogP contribution is -2.15. The molecule has 1 fully saturated rings. The van der Waals surface area contributed by atoms with Crippen molar-refractivity contribution in [1.29, 1.82) is 0 Å². The van der Waals surface area contributed by atoms with E-state index in [9.17, 15) is 4.39 Å². The maximum atomic E-state index is 12.4. The van der Waals surface area contributed by atoms with Gasteiger partial charge in [0.05, 0.1) is 0 Å². The molecule has 8 heavy (non-hydrogen) atoms. The van der Waals surface area contributed by atoms with E-state index in [-0.39, 0.29) is 0 Å². The summed E-state index contributed by atoms with van der Waals surface area (Å²) < 4.78 is 12.4. The van der Waals surface area contributed by atoms with Crippen molar-refractivity contribution in [3.63, 3.8) is 0 Å². The largest absolute Gasteiger partial charge is 0.247 e. The maximum Gasteiger partial charge on any atom is 0.101 e. The predicted molar refractivity (Wildman–Crippen MR) is 36.1 cm³/mol. The van der Waals surface area contributed by atoms with Gasteiger partial charge in [0.1, 0.15) is 6.17 Å². The van der Waals surface area contributed by atoms with Gasteiger partial charge in [0, 0.05) is 5.25 Å². The van der Waals surface area contributed by atoms with Crippen molar-refractivity contribution in [3.05, 3.63) is 0 Å². The summed E-state index contributed by atoms with van der Waals surface area (Å²) in [6, 6.07) is 0. The molecular weight excluding hydrogens is 123 g/mol. The molecule has 2 atom stereocenters. The van der Waals surface area contributed by atoms with Gasteiger partial charge in [-0.2, -0.15) is 12.6 Å². The summed E-state index contributed by atoms with van der Waals surface area (Å²) in [4.78, 5) is 0. The smallest absolute Gasteiger partial charge is 0.101 e. The highest BCUT2D eigenvalue weighted by Crippen LogP contribution is 2.24. The molecule has 0 heterocycles. The van der Waals surface area contributed by atoms with Crippen molar-refractivity contribution in [1.82, 2.24) is 0 Å². The molecule has 1 aliphatic carbocycles. The van der Waals surface area contributed by atoms with Gasteiger partial charge in [-0.15, -0.1) is 0 Å². The van der Waals surface area contributed by atoms with E-state index in [0.717, 1.165) is 19.3 Å². The summed E-state index contributed by atoms with van der Waals surface area (Å²) in [5, 5.41) is 0.332. The second kappa shape index (κ2) is 2.72. The lowest BCUT2D eigenvalue weighted by atomic mass is 9.99. The van der Waals surface area contributed by atoms with Crippen LogP contribution >= 0.6 is 12.6 Å². The number of thiol groups is 1. The molecule has 0 aromatic carbocycles. The fraction of sp³-hybridized carbons (Fsp3) is 1.00. The molecule has 0 aromatic heterocycles. The van der Waals surface area contributed by atoms with Crippen molar-refractivity contribution in [3.8, 4) is 0 Å². The molecule has 0 amide bonds. The minimum atomic E-state index is -0.564. The van der Waals surface area contributed by atoms with Gasteiger partial charge in [-0.25, -0.2) is 4.39 Å². The lowest BCUT2D eigenvalue weighted by molar-refractivity contribution is 0.256. The molecule has 48 valence electrons. The highest BCUT2D eigenvalue weighted by Gasteiger charge is 2.17. The van der Waals surface area contributed by atoms with Gasteiger partial charge in [0.2, 0.25) is 0 Å². The van der Waals surface area contributed by atoms with Crippen LogP contribution in [-0.2, 0) is 0 Å². The molecule has 1 saturated carbocycles. The summed E-state index contributed by atoms with van der Waals surface area (Å²) in [5.74, 6) is 0. The molecule has 0 N–H and O–H groups in total. The first kappa shape index (κ1) is 6.40. The van der Waals surface area contributed by atoms with Crippen molar-refractivity contribution in [2.75, 3.05) is 0 Å². The molecule has 0 spiro atoms. The Hall–Kier alpha value is 0.280. The monoisotopic (exact) mass is 134 g/mol. The molecule has 0 nitrogen and oxygen atoms in total. The highest BCUT2D eigenvalue weighted by molar-refractivity contribution is 7.80. The lowest BCUT2D eigenvalue weighted by Gasteiger charge is -2.19. The molecule has 2 heteroatoms. The third-order valence-corrected chi connectivity index (χ3v) is 2.05. The van der Waals surface area contributed by atoms with Crippen LogP contribution in [0.2, 0.25) is 0 Å². The molecule has 1 rings (SSSR count).